The van der Waals surface area contributed by atoms with Gasteiger partial charge in [-0.25, -0.2) is 9.97 Å². The number of hydrogen-bond donors (Lipinski definition) is 0. The summed E-state index contributed by atoms with van der Waals surface area (Å²) < 4.78 is 33.9. The molecule has 8 heteroatoms. The Labute approximate surface area is 131 Å². The standard InChI is InChI=1S/C14H22N4O3S/c1-12-9-15-11-16-14(12)13-3-2-4-18(10-13)22(19,20)17-5-7-21-8-6-17/h9,11,13H,2-8,10H2,1H3/t13-/m1/s1. The molecule has 0 saturated carbocycles. The molecule has 0 aromatic carbocycles. The van der Waals surface area contributed by atoms with E-state index in [1.807, 2.05) is 6.92 Å². The molecule has 7 nitrogen and oxygen atoms in total. The molecule has 2 aliphatic heterocycles. The van der Waals surface area contributed by atoms with Crippen LogP contribution in [0.1, 0.15) is 30.0 Å². The van der Waals surface area contributed by atoms with E-state index in [2.05, 4.69) is 9.97 Å². The van der Waals surface area contributed by atoms with Crippen molar-refractivity contribution < 1.29 is 13.2 Å². The van der Waals surface area contributed by atoms with Crippen molar-refractivity contribution >= 4 is 10.2 Å². The molecule has 1 aromatic heterocycles. The molecule has 3 rings (SSSR count). The third-order valence-corrected chi connectivity index (χ3v) is 6.33. The first-order valence-corrected chi connectivity index (χ1v) is 9.08. The van der Waals surface area contributed by atoms with E-state index in [-0.39, 0.29) is 5.92 Å². The Kier molecular flexibility index (Phi) is 4.72. The summed E-state index contributed by atoms with van der Waals surface area (Å²) in [4.78, 5) is 8.38. The molecule has 2 fully saturated rings. The van der Waals surface area contributed by atoms with Gasteiger partial charge >= 0.3 is 0 Å². The maximum absolute atomic E-state index is 12.8. The van der Waals surface area contributed by atoms with E-state index in [0.29, 0.717) is 39.4 Å². The Hall–Kier alpha value is -1.09. The summed E-state index contributed by atoms with van der Waals surface area (Å²) in [7, 11) is -3.40. The minimum atomic E-state index is -3.40. The van der Waals surface area contributed by atoms with Crippen LogP contribution in [0.15, 0.2) is 12.5 Å². The summed E-state index contributed by atoms with van der Waals surface area (Å²) in [6.07, 6.45) is 5.15. The normalized spacial score (nSPS) is 25.2. The summed E-state index contributed by atoms with van der Waals surface area (Å²) >= 11 is 0. The largest absolute Gasteiger partial charge is 0.379 e. The van der Waals surface area contributed by atoms with Crippen molar-refractivity contribution in [2.24, 2.45) is 0 Å². The van der Waals surface area contributed by atoms with E-state index in [4.69, 9.17) is 4.74 Å². The summed E-state index contributed by atoms with van der Waals surface area (Å²) in [5.74, 6) is 0.146. The lowest BCUT2D eigenvalue weighted by atomic mass is 9.94. The third kappa shape index (κ3) is 3.15. The van der Waals surface area contributed by atoms with Crippen LogP contribution in [0, 0.1) is 6.92 Å². The molecule has 0 bridgehead atoms. The number of piperidine rings is 1. The van der Waals surface area contributed by atoms with Gasteiger partial charge < -0.3 is 4.74 Å². The summed E-state index contributed by atoms with van der Waals surface area (Å²) in [5, 5.41) is 0. The second kappa shape index (κ2) is 6.57. The molecular formula is C14H22N4O3S. The van der Waals surface area contributed by atoms with E-state index >= 15 is 0 Å². The average Bonchev–Trinajstić information content (AvgIpc) is 2.56. The van der Waals surface area contributed by atoms with Crippen LogP contribution in [0.5, 0.6) is 0 Å². The van der Waals surface area contributed by atoms with Crippen molar-refractivity contribution in [2.45, 2.75) is 25.7 Å². The lowest BCUT2D eigenvalue weighted by Crippen LogP contribution is -2.51. The first-order chi connectivity index (χ1) is 10.6. The van der Waals surface area contributed by atoms with E-state index < -0.39 is 10.2 Å². The Morgan fingerprint density at radius 2 is 2.00 bits per heavy atom. The maximum atomic E-state index is 12.8. The molecule has 22 heavy (non-hydrogen) atoms. The molecule has 0 N–H and O–H groups in total. The second-order valence-corrected chi connectivity index (χ2v) is 7.74. The number of nitrogens with zero attached hydrogens (tertiary/aromatic N) is 4. The molecule has 2 aliphatic rings. The monoisotopic (exact) mass is 326 g/mol. The predicted octanol–water partition coefficient (Wildman–Crippen LogP) is 0.541. The van der Waals surface area contributed by atoms with E-state index in [0.717, 1.165) is 24.1 Å². The van der Waals surface area contributed by atoms with Gasteiger partial charge in [0.05, 0.1) is 18.9 Å². The molecular weight excluding hydrogens is 304 g/mol. The molecule has 2 saturated heterocycles. The van der Waals surface area contributed by atoms with Crippen LogP contribution in [-0.2, 0) is 14.9 Å². The third-order valence-electron chi connectivity index (χ3n) is 4.33. The Bertz CT molecular complexity index is 616. The fourth-order valence-corrected chi connectivity index (χ4v) is 4.82. The van der Waals surface area contributed by atoms with Gasteiger partial charge in [0.15, 0.2) is 0 Å². The van der Waals surface area contributed by atoms with Crippen LogP contribution in [-0.4, -0.2) is 66.4 Å². The minimum Gasteiger partial charge on any atom is -0.379 e. The van der Waals surface area contributed by atoms with Crippen LogP contribution in [0.25, 0.3) is 0 Å². The lowest BCUT2D eigenvalue weighted by Gasteiger charge is -2.36. The van der Waals surface area contributed by atoms with Gasteiger partial charge in [-0.05, 0) is 25.3 Å². The van der Waals surface area contributed by atoms with Gasteiger partial charge in [-0.2, -0.15) is 17.0 Å². The minimum absolute atomic E-state index is 0.146. The van der Waals surface area contributed by atoms with Crippen LogP contribution in [0.4, 0.5) is 0 Å². The Morgan fingerprint density at radius 3 is 2.73 bits per heavy atom. The molecule has 1 atom stereocenters. The van der Waals surface area contributed by atoms with Crippen LogP contribution >= 0.6 is 0 Å². The highest BCUT2D eigenvalue weighted by Crippen LogP contribution is 2.29. The molecule has 0 spiro atoms. The van der Waals surface area contributed by atoms with Crippen LogP contribution in [0.3, 0.4) is 0 Å². The lowest BCUT2D eigenvalue weighted by molar-refractivity contribution is 0.0695. The van der Waals surface area contributed by atoms with Crippen molar-refractivity contribution in [3.8, 4) is 0 Å². The zero-order chi connectivity index (χ0) is 15.6. The molecule has 0 unspecified atom stereocenters. The smallest absolute Gasteiger partial charge is 0.282 e. The van der Waals surface area contributed by atoms with Crippen molar-refractivity contribution in [1.29, 1.82) is 0 Å². The van der Waals surface area contributed by atoms with E-state index in [9.17, 15) is 8.42 Å². The second-order valence-electron chi connectivity index (χ2n) is 5.81. The quantitative estimate of drug-likeness (QED) is 0.810. The molecule has 3 heterocycles. The van der Waals surface area contributed by atoms with E-state index in [1.165, 1.54) is 10.6 Å². The Balaban J connectivity index is 1.76. The van der Waals surface area contributed by atoms with Gasteiger partial charge in [-0.1, -0.05) is 0 Å². The number of ether oxygens (including phenoxy) is 1. The number of hydrogen-bond acceptors (Lipinski definition) is 5. The topological polar surface area (TPSA) is 75.6 Å². The number of rotatable bonds is 3. The highest BCUT2D eigenvalue weighted by atomic mass is 32.2. The zero-order valence-electron chi connectivity index (χ0n) is 12.8. The highest BCUT2D eigenvalue weighted by molar-refractivity contribution is 7.86. The van der Waals surface area contributed by atoms with Gasteiger partial charge in [0, 0.05) is 38.3 Å². The van der Waals surface area contributed by atoms with E-state index in [1.54, 1.807) is 10.5 Å². The molecule has 1 aromatic rings. The van der Waals surface area contributed by atoms with Crippen LogP contribution in [0.2, 0.25) is 0 Å². The first-order valence-electron chi connectivity index (χ1n) is 7.68. The van der Waals surface area contributed by atoms with Gasteiger partial charge in [-0.3, -0.25) is 0 Å². The van der Waals surface area contributed by atoms with Crippen molar-refractivity contribution in [3.05, 3.63) is 23.8 Å². The van der Waals surface area contributed by atoms with Crippen molar-refractivity contribution in [2.75, 3.05) is 39.4 Å². The first kappa shape index (κ1) is 15.8. The fourth-order valence-electron chi connectivity index (χ4n) is 3.15. The van der Waals surface area contributed by atoms with Gasteiger partial charge in [0.2, 0.25) is 0 Å². The van der Waals surface area contributed by atoms with Gasteiger partial charge in [0.1, 0.15) is 6.33 Å². The fraction of sp³-hybridized carbons (Fsp3) is 0.714. The van der Waals surface area contributed by atoms with Crippen molar-refractivity contribution in [3.63, 3.8) is 0 Å². The van der Waals surface area contributed by atoms with Crippen LogP contribution < -0.4 is 0 Å². The number of aromatic nitrogens is 2. The molecule has 0 aliphatic carbocycles. The zero-order valence-corrected chi connectivity index (χ0v) is 13.6. The SMILES string of the molecule is Cc1cncnc1[C@@H]1CCCN(S(=O)(=O)N2CCOCC2)C1. The summed E-state index contributed by atoms with van der Waals surface area (Å²) in [5.41, 5.74) is 2.00. The molecule has 122 valence electrons. The summed E-state index contributed by atoms with van der Waals surface area (Å²) in [6, 6.07) is 0. The maximum Gasteiger partial charge on any atom is 0.282 e. The van der Waals surface area contributed by atoms with Gasteiger partial charge in [-0.15, -0.1) is 0 Å². The Morgan fingerprint density at radius 1 is 1.23 bits per heavy atom. The number of aryl methyl sites for hydroxylation is 1. The van der Waals surface area contributed by atoms with Gasteiger partial charge in [0.25, 0.3) is 10.2 Å². The highest BCUT2D eigenvalue weighted by Gasteiger charge is 2.35. The molecule has 0 radical (unpaired) electrons. The van der Waals surface area contributed by atoms with Crippen molar-refractivity contribution in [1.82, 2.24) is 18.6 Å². The average molecular weight is 326 g/mol. The molecule has 0 amide bonds. The predicted molar refractivity (Wildman–Crippen MR) is 81.6 cm³/mol. The summed E-state index contributed by atoms with van der Waals surface area (Å²) in [6.45, 7) is 4.89. The number of morpholine rings is 1.